The third-order valence-corrected chi connectivity index (χ3v) is 1.44. The largest absolute Gasteiger partial charge is 0.372 e. The Hall–Kier alpha value is 0.970. The van der Waals surface area contributed by atoms with Crippen LogP contribution in [0.2, 0.25) is 0 Å². The molecule has 0 rings (SSSR count). The van der Waals surface area contributed by atoms with Crippen LogP contribution in [0.25, 0.3) is 0 Å². The molecule has 0 bridgehead atoms. The van der Waals surface area contributed by atoms with E-state index in [1.807, 2.05) is 13.8 Å². The van der Waals surface area contributed by atoms with E-state index >= 15 is 0 Å². The summed E-state index contributed by atoms with van der Waals surface area (Å²) in [6.07, 6.45) is 0.716. The topological polar surface area (TPSA) is 9.23 Å². The highest BCUT2D eigenvalue weighted by molar-refractivity contribution is 8.03. The molecule has 0 aromatic carbocycles. The van der Waals surface area contributed by atoms with E-state index in [4.69, 9.17) is 27.2 Å². The van der Waals surface area contributed by atoms with Gasteiger partial charge in [-0.2, -0.15) is 0 Å². The summed E-state index contributed by atoms with van der Waals surface area (Å²) >= 11 is 10.9. The fourth-order valence-electron chi connectivity index (χ4n) is 0.205. The Kier molecular flexibility index (Phi) is 5.40. The molecular weight excluding hydrogens is 166 g/mol. The van der Waals surface area contributed by atoms with Gasteiger partial charge in [0, 0.05) is 0 Å². The van der Waals surface area contributed by atoms with Crippen LogP contribution >= 0.6 is 29.1 Å². The molecule has 0 fully saturated rings. The van der Waals surface area contributed by atoms with E-state index in [1.165, 1.54) is 0 Å². The first kappa shape index (κ1) is 8.97. The third-order valence-electron chi connectivity index (χ3n) is 0.505. The van der Waals surface area contributed by atoms with Crippen LogP contribution in [-0.4, -0.2) is 12.5 Å². The normalized spacial score (nSPS) is 11.2. The van der Waals surface area contributed by atoms with Gasteiger partial charge in [-0.05, 0) is 13.8 Å². The van der Waals surface area contributed by atoms with Crippen LogP contribution in [0, 0.1) is 0 Å². The second-order valence-corrected chi connectivity index (χ2v) is 5.48. The minimum atomic E-state index is -0.911. The highest BCUT2D eigenvalue weighted by atomic mass is 35.9. The predicted molar refractivity (Wildman–Crippen MR) is 39.7 cm³/mol. The first-order valence-corrected chi connectivity index (χ1v) is 5.67. The van der Waals surface area contributed by atoms with E-state index in [-0.39, 0.29) is 6.10 Å². The standard InChI is InChI=1S/C4H9Cl2OP/c1-4(2)7-3-8(5)6/h4H,3H2,1-2H3. The zero-order chi connectivity index (χ0) is 6.57. The minimum Gasteiger partial charge on any atom is -0.372 e. The molecule has 0 unspecified atom stereocenters. The molecule has 0 spiro atoms. The van der Waals surface area contributed by atoms with Crippen LogP contribution in [-0.2, 0) is 4.74 Å². The smallest absolute Gasteiger partial charge is 0.112 e. The molecule has 0 aliphatic heterocycles. The second-order valence-electron chi connectivity index (χ2n) is 1.65. The fourth-order valence-corrected chi connectivity index (χ4v) is 0.954. The van der Waals surface area contributed by atoms with Crippen molar-refractivity contribution in [1.29, 1.82) is 0 Å². The lowest BCUT2D eigenvalue weighted by Gasteiger charge is -2.05. The maximum atomic E-state index is 5.43. The highest BCUT2D eigenvalue weighted by Gasteiger charge is 1.99. The Balaban J connectivity index is 2.93. The van der Waals surface area contributed by atoms with E-state index < -0.39 is 6.63 Å². The lowest BCUT2D eigenvalue weighted by Crippen LogP contribution is -1.99. The molecule has 0 aliphatic rings. The Morgan fingerprint density at radius 1 is 1.50 bits per heavy atom. The van der Waals surface area contributed by atoms with Crippen molar-refractivity contribution >= 4 is 29.1 Å². The van der Waals surface area contributed by atoms with Gasteiger partial charge in [0.05, 0.1) is 12.5 Å². The van der Waals surface area contributed by atoms with Gasteiger partial charge in [0.1, 0.15) is 6.63 Å². The Morgan fingerprint density at radius 3 is 2.12 bits per heavy atom. The number of hydrogen-bond donors (Lipinski definition) is 0. The van der Waals surface area contributed by atoms with E-state index in [2.05, 4.69) is 0 Å². The summed E-state index contributed by atoms with van der Waals surface area (Å²) in [5.74, 6) is 0. The van der Waals surface area contributed by atoms with Crippen LogP contribution in [0.5, 0.6) is 0 Å². The van der Waals surface area contributed by atoms with Crippen molar-refractivity contribution < 1.29 is 4.74 Å². The maximum Gasteiger partial charge on any atom is 0.112 e. The van der Waals surface area contributed by atoms with Crippen LogP contribution in [0.3, 0.4) is 0 Å². The number of hydrogen-bond acceptors (Lipinski definition) is 1. The molecular formula is C4H9Cl2OP. The van der Waals surface area contributed by atoms with Crippen LogP contribution < -0.4 is 0 Å². The van der Waals surface area contributed by atoms with Gasteiger partial charge < -0.3 is 4.74 Å². The van der Waals surface area contributed by atoms with Gasteiger partial charge >= 0.3 is 0 Å². The fraction of sp³-hybridized carbons (Fsp3) is 1.00. The molecule has 0 aliphatic carbocycles. The molecule has 0 aromatic heterocycles. The van der Waals surface area contributed by atoms with Gasteiger partial charge in [0.15, 0.2) is 0 Å². The van der Waals surface area contributed by atoms with Gasteiger partial charge in [-0.3, -0.25) is 0 Å². The van der Waals surface area contributed by atoms with Crippen LogP contribution in [0.15, 0.2) is 0 Å². The van der Waals surface area contributed by atoms with E-state index in [0.717, 1.165) is 0 Å². The number of halogens is 2. The molecule has 0 aromatic rings. The van der Waals surface area contributed by atoms with E-state index in [1.54, 1.807) is 0 Å². The van der Waals surface area contributed by atoms with Gasteiger partial charge in [0.25, 0.3) is 0 Å². The Morgan fingerprint density at radius 2 is 2.00 bits per heavy atom. The summed E-state index contributed by atoms with van der Waals surface area (Å²) in [5.41, 5.74) is 0. The molecule has 1 nitrogen and oxygen atoms in total. The van der Waals surface area contributed by atoms with Crippen molar-refractivity contribution in [2.75, 3.05) is 6.35 Å². The molecule has 4 heteroatoms. The second kappa shape index (κ2) is 4.81. The van der Waals surface area contributed by atoms with Crippen molar-refractivity contribution in [3.63, 3.8) is 0 Å². The van der Waals surface area contributed by atoms with Crippen LogP contribution in [0.1, 0.15) is 13.8 Å². The molecule has 0 N–H and O–H groups in total. The summed E-state index contributed by atoms with van der Waals surface area (Å²) in [5, 5.41) is 0. The molecule has 0 atom stereocenters. The van der Waals surface area contributed by atoms with E-state index in [9.17, 15) is 0 Å². The Labute approximate surface area is 60.6 Å². The van der Waals surface area contributed by atoms with Crippen molar-refractivity contribution in [1.82, 2.24) is 0 Å². The molecule has 50 valence electrons. The maximum absolute atomic E-state index is 5.43. The zero-order valence-corrected chi connectivity index (χ0v) is 7.30. The molecule has 0 saturated heterocycles. The van der Waals surface area contributed by atoms with Gasteiger partial charge in [-0.25, -0.2) is 0 Å². The predicted octanol–water partition coefficient (Wildman–Crippen LogP) is 3.16. The minimum absolute atomic E-state index is 0.234. The molecule has 8 heavy (non-hydrogen) atoms. The van der Waals surface area contributed by atoms with Gasteiger partial charge in [-0.15, -0.1) is 0 Å². The van der Waals surface area contributed by atoms with Gasteiger partial charge in [-0.1, -0.05) is 22.5 Å². The SMILES string of the molecule is CC(C)OCP(Cl)Cl. The molecule has 0 amide bonds. The number of ether oxygens (including phenoxy) is 1. The van der Waals surface area contributed by atoms with Gasteiger partial charge in [0.2, 0.25) is 0 Å². The average molecular weight is 175 g/mol. The third kappa shape index (κ3) is 6.97. The lowest BCUT2D eigenvalue weighted by molar-refractivity contribution is 0.119. The first-order valence-electron chi connectivity index (χ1n) is 2.33. The quantitative estimate of drug-likeness (QED) is 0.598. The first-order chi connectivity index (χ1) is 3.63. The monoisotopic (exact) mass is 174 g/mol. The lowest BCUT2D eigenvalue weighted by atomic mass is 10.5. The molecule has 0 heterocycles. The Bertz CT molecular complexity index is 50.0. The summed E-state index contributed by atoms with van der Waals surface area (Å²) in [6.45, 7) is 2.99. The van der Waals surface area contributed by atoms with Crippen molar-refractivity contribution in [3.05, 3.63) is 0 Å². The summed E-state index contributed by atoms with van der Waals surface area (Å²) < 4.78 is 5.07. The summed E-state index contributed by atoms with van der Waals surface area (Å²) in [7, 11) is 0. The van der Waals surface area contributed by atoms with Crippen molar-refractivity contribution in [3.8, 4) is 0 Å². The summed E-state index contributed by atoms with van der Waals surface area (Å²) in [4.78, 5) is 0. The average Bonchev–Trinajstić information content (AvgIpc) is 1.61. The van der Waals surface area contributed by atoms with Crippen molar-refractivity contribution in [2.24, 2.45) is 0 Å². The zero-order valence-electron chi connectivity index (χ0n) is 4.90. The van der Waals surface area contributed by atoms with Crippen molar-refractivity contribution in [2.45, 2.75) is 20.0 Å². The van der Waals surface area contributed by atoms with E-state index in [0.29, 0.717) is 6.35 Å². The van der Waals surface area contributed by atoms with Crippen LogP contribution in [0.4, 0.5) is 0 Å². The number of rotatable bonds is 3. The molecule has 0 saturated carbocycles. The highest BCUT2D eigenvalue weighted by Crippen LogP contribution is 2.46. The molecule has 0 radical (unpaired) electrons. The summed E-state index contributed by atoms with van der Waals surface area (Å²) in [6, 6.07) is 0.